The van der Waals surface area contributed by atoms with Crippen molar-refractivity contribution in [2.24, 2.45) is 5.92 Å². The Hall–Kier alpha value is -0.680. The van der Waals surface area contributed by atoms with E-state index in [4.69, 9.17) is 9.47 Å². The second-order valence-corrected chi connectivity index (χ2v) is 10.5. The van der Waals surface area contributed by atoms with Crippen LogP contribution in [0.2, 0.25) is 0 Å². The average molecular weight is 526 g/mol. The summed E-state index contributed by atoms with van der Waals surface area (Å²) < 4.78 is 39.6. The minimum atomic E-state index is -3.96. The van der Waals surface area contributed by atoms with Crippen LogP contribution in [0, 0.1) is 5.92 Å². The molecule has 7 nitrogen and oxygen atoms in total. The molecular formula is C17H22Br2N2O5S. The number of carbonyl (C=O) groups excluding carboxylic acids is 1. The van der Waals surface area contributed by atoms with E-state index >= 15 is 0 Å². The van der Waals surface area contributed by atoms with Crippen molar-refractivity contribution in [2.45, 2.75) is 42.2 Å². The second-order valence-electron chi connectivity index (χ2n) is 7.12. The van der Waals surface area contributed by atoms with Gasteiger partial charge in [0.2, 0.25) is 15.9 Å². The molecule has 1 aromatic carbocycles. The molecule has 3 saturated carbocycles. The van der Waals surface area contributed by atoms with Gasteiger partial charge in [-0.05, 0) is 69.5 Å². The number of nitrogens with one attached hydrogen (secondary N) is 2. The van der Waals surface area contributed by atoms with Gasteiger partial charge in [0, 0.05) is 29.8 Å². The lowest BCUT2D eigenvalue weighted by Crippen LogP contribution is -2.70. The van der Waals surface area contributed by atoms with Gasteiger partial charge in [0.25, 0.3) is 0 Å². The monoisotopic (exact) mass is 524 g/mol. The Bertz CT molecular complexity index is 829. The molecule has 27 heavy (non-hydrogen) atoms. The lowest BCUT2D eigenvalue weighted by molar-refractivity contribution is -0.134. The Morgan fingerprint density at radius 1 is 1.26 bits per heavy atom. The summed E-state index contributed by atoms with van der Waals surface area (Å²) in [4.78, 5) is 12.7. The average Bonchev–Trinajstić information content (AvgIpc) is 2.53. The standard InChI is InChI=1S/C17H22Br2N2O5S/c1-25-4-3-13(16(22)20-17-7-10(8-17)9-17)21-27(23,24)15-6-14(26-2)11(18)5-12(15)19/h5-6,10,13,21H,3-4,7-9H2,1-2H3,(H,20,22). The van der Waals surface area contributed by atoms with Crippen LogP contribution in [0.1, 0.15) is 25.7 Å². The first kappa shape index (κ1) is 21.0. The van der Waals surface area contributed by atoms with Crippen molar-refractivity contribution in [3.63, 3.8) is 0 Å². The largest absolute Gasteiger partial charge is 0.496 e. The number of sulfonamides is 1. The molecule has 2 N–H and O–H groups in total. The van der Waals surface area contributed by atoms with Crippen molar-refractivity contribution in [2.75, 3.05) is 20.8 Å². The van der Waals surface area contributed by atoms with E-state index in [0.717, 1.165) is 19.3 Å². The highest BCUT2D eigenvalue weighted by Crippen LogP contribution is 2.56. The van der Waals surface area contributed by atoms with Crippen LogP contribution in [-0.2, 0) is 19.6 Å². The number of carbonyl (C=O) groups is 1. The van der Waals surface area contributed by atoms with Gasteiger partial charge in [-0.15, -0.1) is 0 Å². The molecule has 0 heterocycles. The molecule has 1 unspecified atom stereocenters. The van der Waals surface area contributed by atoms with Crippen LogP contribution < -0.4 is 14.8 Å². The minimum Gasteiger partial charge on any atom is -0.496 e. The SMILES string of the molecule is COCCC(NS(=O)(=O)c1cc(OC)c(Br)cc1Br)C(=O)NC12CC(C1)C2. The summed E-state index contributed by atoms with van der Waals surface area (Å²) in [5, 5.41) is 3.02. The number of ether oxygens (including phenoxy) is 2. The van der Waals surface area contributed by atoms with E-state index < -0.39 is 16.1 Å². The molecular weight excluding hydrogens is 504 g/mol. The highest BCUT2D eigenvalue weighted by atomic mass is 79.9. The van der Waals surface area contributed by atoms with Gasteiger partial charge in [-0.25, -0.2) is 8.42 Å². The number of amides is 1. The molecule has 2 bridgehead atoms. The number of benzene rings is 1. The highest BCUT2D eigenvalue weighted by Gasteiger charge is 2.57. The van der Waals surface area contributed by atoms with Gasteiger partial charge >= 0.3 is 0 Å². The summed E-state index contributed by atoms with van der Waals surface area (Å²) in [6, 6.07) is 2.09. The summed E-state index contributed by atoms with van der Waals surface area (Å²) in [5.41, 5.74) is -0.125. The van der Waals surface area contributed by atoms with Crippen molar-refractivity contribution in [1.82, 2.24) is 10.0 Å². The second kappa shape index (κ2) is 7.98. The van der Waals surface area contributed by atoms with Gasteiger partial charge in [0.05, 0.1) is 16.5 Å². The maximum absolute atomic E-state index is 12.9. The molecule has 1 amide bonds. The molecule has 0 spiro atoms. The predicted octanol–water partition coefficient (Wildman–Crippen LogP) is 2.57. The molecule has 3 aliphatic carbocycles. The molecule has 150 valence electrons. The number of rotatable bonds is 9. The van der Waals surface area contributed by atoms with Gasteiger partial charge in [0.1, 0.15) is 11.8 Å². The quantitative estimate of drug-likeness (QED) is 0.516. The molecule has 10 heteroatoms. The van der Waals surface area contributed by atoms with Crippen molar-refractivity contribution in [1.29, 1.82) is 0 Å². The normalized spacial score (nSPS) is 24.5. The lowest BCUT2D eigenvalue weighted by atomic mass is 9.50. The minimum absolute atomic E-state index is 0.00304. The smallest absolute Gasteiger partial charge is 0.242 e. The molecule has 0 aromatic heterocycles. The topological polar surface area (TPSA) is 93.7 Å². The fourth-order valence-electron chi connectivity index (χ4n) is 3.58. The molecule has 1 aromatic rings. The van der Waals surface area contributed by atoms with E-state index in [1.807, 2.05) is 0 Å². The Morgan fingerprint density at radius 3 is 2.44 bits per heavy atom. The Kier molecular flexibility index (Phi) is 6.22. The van der Waals surface area contributed by atoms with Crippen LogP contribution >= 0.6 is 31.9 Å². The van der Waals surface area contributed by atoms with Crippen molar-refractivity contribution in [3.8, 4) is 5.75 Å². The van der Waals surface area contributed by atoms with Crippen LogP contribution in [0.15, 0.2) is 26.0 Å². The van der Waals surface area contributed by atoms with E-state index in [-0.39, 0.29) is 29.4 Å². The van der Waals surface area contributed by atoms with Crippen molar-refractivity contribution < 1.29 is 22.7 Å². The summed E-state index contributed by atoms with van der Waals surface area (Å²) >= 11 is 6.59. The highest BCUT2D eigenvalue weighted by molar-refractivity contribution is 9.11. The zero-order chi connectivity index (χ0) is 19.8. The number of methoxy groups -OCH3 is 2. The molecule has 1 atom stereocenters. The first-order valence-corrected chi connectivity index (χ1v) is 11.6. The van der Waals surface area contributed by atoms with Gasteiger partial charge in [0.15, 0.2) is 0 Å². The number of halogens is 2. The molecule has 0 saturated heterocycles. The van der Waals surface area contributed by atoms with Gasteiger partial charge in [-0.2, -0.15) is 4.72 Å². The third kappa shape index (κ3) is 4.34. The third-order valence-electron chi connectivity index (χ3n) is 5.15. The van der Waals surface area contributed by atoms with E-state index in [1.165, 1.54) is 20.3 Å². The zero-order valence-electron chi connectivity index (χ0n) is 15.1. The van der Waals surface area contributed by atoms with Crippen molar-refractivity contribution >= 4 is 47.8 Å². The summed E-state index contributed by atoms with van der Waals surface area (Å²) in [6.45, 7) is 0.265. The van der Waals surface area contributed by atoms with E-state index in [1.54, 1.807) is 6.07 Å². The first-order chi connectivity index (χ1) is 12.7. The van der Waals surface area contributed by atoms with E-state index in [9.17, 15) is 13.2 Å². The van der Waals surface area contributed by atoms with Crippen LogP contribution in [-0.4, -0.2) is 46.7 Å². The summed E-state index contributed by atoms with van der Waals surface area (Å²) in [5.74, 6) is 0.782. The Balaban J connectivity index is 1.79. The van der Waals surface area contributed by atoms with Gasteiger partial charge in [-0.3, -0.25) is 4.79 Å². The molecule has 0 aliphatic heterocycles. The Morgan fingerprint density at radius 2 is 1.93 bits per heavy atom. The van der Waals surface area contributed by atoms with Gasteiger partial charge < -0.3 is 14.8 Å². The molecule has 3 aliphatic rings. The summed E-state index contributed by atoms with van der Waals surface area (Å²) in [6.07, 6.45) is 3.19. The summed E-state index contributed by atoms with van der Waals surface area (Å²) in [7, 11) is -0.991. The van der Waals surface area contributed by atoms with Crippen LogP contribution in [0.5, 0.6) is 5.75 Å². The fraction of sp³-hybridized carbons (Fsp3) is 0.588. The van der Waals surface area contributed by atoms with Gasteiger partial charge in [-0.1, -0.05) is 0 Å². The van der Waals surface area contributed by atoms with E-state index in [2.05, 4.69) is 41.9 Å². The van der Waals surface area contributed by atoms with Crippen molar-refractivity contribution in [3.05, 3.63) is 21.1 Å². The fourth-order valence-corrected chi connectivity index (χ4v) is 6.68. The molecule has 3 fully saturated rings. The Labute approximate surface area is 175 Å². The molecule has 4 rings (SSSR count). The van der Waals surface area contributed by atoms with Crippen LogP contribution in [0.4, 0.5) is 0 Å². The lowest BCUT2D eigenvalue weighted by Gasteiger charge is -2.62. The maximum Gasteiger partial charge on any atom is 0.242 e. The van der Waals surface area contributed by atoms with E-state index in [0.29, 0.717) is 20.6 Å². The first-order valence-electron chi connectivity index (χ1n) is 8.56. The van der Waals surface area contributed by atoms with Crippen LogP contribution in [0.3, 0.4) is 0 Å². The number of hydrogen-bond acceptors (Lipinski definition) is 5. The molecule has 0 radical (unpaired) electrons. The van der Waals surface area contributed by atoms with Crippen LogP contribution in [0.25, 0.3) is 0 Å². The zero-order valence-corrected chi connectivity index (χ0v) is 19.0. The third-order valence-corrected chi connectivity index (χ3v) is 8.20. The number of hydrogen-bond donors (Lipinski definition) is 2. The maximum atomic E-state index is 12.9. The predicted molar refractivity (Wildman–Crippen MR) is 107 cm³/mol.